The minimum Gasteiger partial charge on any atom is -0.368 e. The number of amides is 2. The van der Waals surface area contributed by atoms with Gasteiger partial charge in [0.15, 0.2) is 5.16 Å². The van der Waals surface area contributed by atoms with E-state index in [0.29, 0.717) is 32.9 Å². The molecule has 0 saturated carbocycles. The van der Waals surface area contributed by atoms with Crippen LogP contribution in [0.4, 0.5) is 10.9 Å². The average molecular weight is 479 g/mol. The highest BCUT2D eigenvalue weighted by Crippen LogP contribution is 2.34. The van der Waals surface area contributed by atoms with Crippen molar-refractivity contribution in [3.63, 3.8) is 0 Å². The van der Waals surface area contributed by atoms with Crippen LogP contribution >= 0.6 is 34.7 Å². The Morgan fingerprint density at radius 1 is 1.29 bits per heavy atom. The predicted molar refractivity (Wildman–Crippen MR) is 126 cm³/mol. The van der Waals surface area contributed by atoms with Crippen molar-refractivity contribution in [1.82, 2.24) is 14.8 Å². The Bertz CT molecular complexity index is 1130. The molecule has 1 atom stereocenters. The number of thioether (sulfide) groups is 1. The van der Waals surface area contributed by atoms with Crippen LogP contribution in [-0.4, -0.2) is 26.6 Å². The lowest BCUT2D eigenvalue weighted by Crippen LogP contribution is -2.28. The van der Waals surface area contributed by atoms with Crippen molar-refractivity contribution in [2.45, 2.75) is 44.1 Å². The number of carbonyl (C=O) groups excluding carboxylic acids is 2. The molecule has 0 spiro atoms. The molecule has 0 aliphatic carbocycles. The summed E-state index contributed by atoms with van der Waals surface area (Å²) in [5, 5.41) is 12.5. The Morgan fingerprint density at radius 3 is 2.65 bits per heavy atom. The van der Waals surface area contributed by atoms with Crippen molar-refractivity contribution in [2.75, 3.05) is 11.1 Å². The highest BCUT2D eigenvalue weighted by molar-refractivity contribution is 7.98. The number of nitrogens with one attached hydrogen (secondary N) is 1. The Kier molecular flexibility index (Phi) is 7.24. The molecule has 3 rings (SSSR count). The van der Waals surface area contributed by atoms with Gasteiger partial charge in [0.1, 0.15) is 11.0 Å². The van der Waals surface area contributed by atoms with Gasteiger partial charge in [-0.25, -0.2) is 0 Å². The van der Waals surface area contributed by atoms with Crippen LogP contribution in [-0.2, 0) is 10.5 Å². The van der Waals surface area contributed by atoms with Gasteiger partial charge in [-0.05, 0) is 37.5 Å². The van der Waals surface area contributed by atoms with E-state index in [9.17, 15) is 9.59 Å². The molecular weight excluding hydrogens is 456 g/mol. The van der Waals surface area contributed by atoms with Gasteiger partial charge in [0, 0.05) is 15.7 Å². The third-order valence-corrected chi connectivity index (χ3v) is 7.36. The van der Waals surface area contributed by atoms with E-state index in [4.69, 9.17) is 23.1 Å². The summed E-state index contributed by atoms with van der Waals surface area (Å²) in [6, 6.07) is 6.86. The van der Waals surface area contributed by atoms with Crippen molar-refractivity contribution in [3.05, 3.63) is 50.9 Å². The van der Waals surface area contributed by atoms with Crippen LogP contribution in [0.5, 0.6) is 0 Å². The fraction of sp³-hybridized carbons (Fsp3) is 0.300. The van der Waals surface area contributed by atoms with Crippen molar-refractivity contribution >= 4 is 57.5 Å². The molecule has 2 heterocycles. The minimum atomic E-state index is -0.660. The number of carbonyl (C=O) groups is 2. The van der Waals surface area contributed by atoms with E-state index < -0.39 is 11.9 Å². The van der Waals surface area contributed by atoms with Crippen LogP contribution in [0.1, 0.15) is 45.7 Å². The summed E-state index contributed by atoms with van der Waals surface area (Å²) in [7, 11) is 0. The summed E-state index contributed by atoms with van der Waals surface area (Å²) in [5.74, 6) is -0.218. The number of halogens is 1. The lowest BCUT2D eigenvalue weighted by molar-refractivity contribution is -0.119. The zero-order valence-corrected chi connectivity index (χ0v) is 19.7. The fourth-order valence-corrected chi connectivity index (χ4v) is 5.47. The van der Waals surface area contributed by atoms with Crippen LogP contribution in [0.2, 0.25) is 5.02 Å². The zero-order valence-electron chi connectivity index (χ0n) is 17.3. The first-order valence-electron chi connectivity index (χ1n) is 9.51. The summed E-state index contributed by atoms with van der Waals surface area (Å²) >= 11 is 8.95. The van der Waals surface area contributed by atoms with Crippen LogP contribution < -0.4 is 16.8 Å². The van der Waals surface area contributed by atoms with E-state index >= 15 is 0 Å². The van der Waals surface area contributed by atoms with Crippen molar-refractivity contribution < 1.29 is 9.59 Å². The lowest BCUT2D eigenvalue weighted by atomic mass is 10.1. The van der Waals surface area contributed by atoms with Crippen molar-refractivity contribution in [2.24, 2.45) is 5.73 Å². The largest absolute Gasteiger partial charge is 0.368 e. The van der Waals surface area contributed by atoms with Crippen LogP contribution in [0.3, 0.4) is 0 Å². The molecule has 2 amide bonds. The molecule has 3 aromatic rings. The molecule has 11 heteroatoms. The Hall–Kier alpha value is -2.56. The van der Waals surface area contributed by atoms with Crippen molar-refractivity contribution in [3.8, 4) is 0 Å². The number of aromatic nitrogens is 3. The van der Waals surface area contributed by atoms with Crippen LogP contribution in [0.15, 0.2) is 29.4 Å². The van der Waals surface area contributed by atoms with Crippen LogP contribution in [0, 0.1) is 13.8 Å². The van der Waals surface area contributed by atoms with Gasteiger partial charge in [-0.1, -0.05) is 48.5 Å². The van der Waals surface area contributed by atoms with Gasteiger partial charge in [-0.2, -0.15) is 0 Å². The summed E-state index contributed by atoms with van der Waals surface area (Å²) in [5.41, 5.74) is 13.6. The highest BCUT2D eigenvalue weighted by atomic mass is 35.5. The van der Waals surface area contributed by atoms with Gasteiger partial charge in [0.25, 0.3) is 5.91 Å². The Labute approximate surface area is 193 Å². The number of nitrogen functional groups attached to an aromatic ring is 1. The second kappa shape index (κ2) is 9.71. The van der Waals surface area contributed by atoms with Gasteiger partial charge in [-0.3, -0.25) is 14.2 Å². The quantitative estimate of drug-likeness (QED) is 0.416. The second-order valence-corrected chi connectivity index (χ2v) is 9.43. The summed E-state index contributed by atoms with van der Waals surface area (Å²) in [4.78, 5) is 25.9. The third-order valence-electron chi connectivity index (χ3n) is 4.87. The van der Waals surface area contributed by atoms with E-state index in [1.807, 2.05) is 38.1 Å². The first-order chi connectivity index (χ1) is 14.7. The first-order valence-corrected chi connectivity index (χ1v) is 11.7. The monoisotopic (exact) mass is 478 g/mol. The normalized spacial score (nSPS) is 12.0. The molecule has 0 fully saturated rings. The first kappa shape index (κ1) is 23.1. The molecule has 1 aromatic carbocycles. The van der Waals surface area contributed by atoms with E-state index in [-0.39, 0.29) is 11.9 Å². The number of aryl methyl sites for hydroxylation is 1. The molecule has 164 valence electrons. The maximum atomic E-state index is 13.2. The maximum Gasteiger partial charge on any atom is 0.251 e. The molecule has 0 aliphatic rings. The molecular formula is C20H23ClN6O2S2. The standard InChI is InChI=1S/C20H23ClN6O2S2/c1-4-14(17(29)24-18-15(16(22)28)10(2)11(3)31-18)27-19(23)25-26-20(27)30-9-12-7-5-6-8-13(12)21/h5-8,14H,4,9H2,1-3H3,(H2,22,28)(H2,23,25)(H,24,29). The summed E-state index contributed by atoms with van der Waals surface area (Å²) < 4.78 is 1.61. The topological polar surface area (TPSA) is 129 Å². The maximum absolute atomic E-state index is 13.2. The molecule has 8 nitrogen and oxygen atoms in total. The van der Waals surface area contributed by atoms with Gasteiger partial charge < -0.3 is 16.8 Å². The highest BCUT2D eigenvalue weighted by Gasteiger charge is 2.27. The van der Waals surface area contributed by atoms with Gasteiger partial charge in [-0.15, -0.1) is 21.5 Å². The van der Waals surface area contributed by atoms with Gasteiger partial charge >= 0.3 is 0 Å². The number of hydrogen-bond acceptors (Lipinski definition) is 7. The molecule has 1 unspecified atom stereocenters. The minimum absolute atomic E-state index is 0.136. The van der Waals surface area contributed by atoms with Gasteiger partial charge in [0.2, 0.25) is 11.9 Å². The molecule has 0 radical (unpaired) electrons. The number of benzene rings is 1. The molecule has 0 saturated heterocycles. The number of nitrogens with zero attached hydrogens (tertiary/aromatic N) is 3. The smallest absolute Gasteiger partial charge is 0.251 e. The van der Waals surface area contributed by atoms with E-state index in [1.165, 1.54) is 23.1 Å². The zero-order chi connectivity index (χ0) is 22.7. The Morgan fingerprint density at radius 2 is 2.00 bits per heavy atom. The van der Waals surface area contributed by atoms with E-state index in [1.54, 1.807) is 11.5 Å². The predicted octanol–water partition coefficient (Wildman–Crippen LogP) is 4.17. The number of rotatable bonds is 8. The molecule has 0 aliphatic heterocycles. The lowest BCUT2D eigenvalue weighted by Gasteiger charge is -2.19. The SMILES string of the molecule is CCC(C(=O)Nc1sc(C)c(C)c1C(N)=O)n1c(N)nnc1SCc1ccccc1Cl. The van der Waals surface area contributed by atoms with E-state index in [2.05, 4.69) is 15.5 Å². The van der Waals surface area contributed by atoms with Crippen LogP contribution in [0.25, 0.3) is 0 Å². The average Bonchev–Trinajstić information content (AvgIpc) is 3.21. The number of primary amides is 1. The summed E-state index contributed by atoms with van der Waals surface area (Å²) in [6.45, 7) is 5.55. The van der Waals surface area contributed by atoms with E-state index in [0.717, 1.165) is 16.0 Å². The fourth-order valence-electron chi connectivity index (χ4n) is 3.13. The number of thiophene rings is 1. The molecule has 31 heavy (non-hydrogen) atoms. The summed E-state index contributed by atoms with van der Waals surface area (Å²) in [6.07, 6.45) is 0.447. The second-order valence-electron chi connectivity index (χ2n) is 6.86. The third kappa shape index (κ3) is 4.86. The number of hydrogen-bond donors (Lipinski definition) is 3. The molecule has 5 N–H and O–H groups in total. The number of anilines is 2. The van der Waals surface area contributed by atoms with Gasteiger partial charge in [0.05, 0.1) is 5.56 Å². The number of nitrogens with two attached hydrogens (primary N) is 2. The Balaban J connectivity index is 1.85. The molecule has 2 aromatic heterocycles. The molecule has 0 bridgehead atoms. The van der Waals surface area contributed by atoms with Crippen molar-refractivity contribution in [1.29, 1.82) is 0 Å².